The van der Waals surface area contributed by atoms with Gasteiger partial charge in [-0.2, -0.15) is 5.26 Å². The summed E-state index contributed by atoms with van der Waals surface area (Å²) in [6, 6.07) is 14.8. The number of carbonyl (C=O) groups is 1. The fourth-order valence-electron chi connectivity index (χ4n) is 3.17. The van der Waals surface area contributed by atoms with E-state index in [0.717, 1.165) is 11.1 Å². The van der Waals surface area contributed by atoms with Gasteiger partial charge in [-0.1, -0.05) is 41.4 Å². The Morgan fingerprint density at radius 3 is 2.76 bits per heavy atom. The third kappa shape index (κ3) is 5.49. The lowest BCUT2D eigenvalue weighted by atomic mass is 10.00. The van der Waals surface area contributed by atoms with E-state index in [1.807, 2.05) is 19.1 Å². The third-order valence-corrected chi connectivity index (χ3v) is 5.57. The zero-order valence-electron chi connectivity index (χ0n) is 16.1. The Bertz CT molecular complexity index is 893. The predicted octanol–water partition coefficient (Wildman–Crippen LogP) is 4.68. The zero-order valence-corrected chi connectivity index (χ0v) is 17.6. The van der Waals surface area contributed by atoms with Crippen molar-refractivity contribution in [3.05, 3.63) is 69.2 Å². The van der Waals surface area contributed by atoms with Crippen LogP contribution in [0.4, 0.5) is 0 Å². The number of morpholine rings is 1. The number of nitrogens with zero attached hydrogens (tertiary/aromatic N) is 2. The van der Waals surface area contributed by atoms with Gasteiger partial charge in [0.15, 0.2) is 0 Å². The molecule has 5 nitrogen and oxygen atoms in total. The number of benzene rings is 2. The molecule has 1 aliphatic heterocycles. The summed E-state index contributed by atoms with van der Waals surface area (Å²) in [6.45, 7) is 3.83. The Labute approximate surface area is 180 Å². The molecular weight excluding hydrogens is 411 g/mol. The molecule has 7 heteroatoms. The Hall–Kier alpha value is -2.10. The molecule has 2 aromatic rings. The standard InChI is InChI=1S/C22H22Cl2N2O3/c1-15(11-25)16-4-2-5-17(10-16)22(27)26-8-9-29-18(12-26)13-28-14-19-20(23)6-3-7-21(19)24/h2-7,10,15,18H,8-9,12-14H2,1H3. The van der Waals surface area contributed by atoms with Crippen molar-refractivity contribution in [3.63, 3.8) is 0 Å². The molecule has 1 aliphatic rings. The van der Waals surface area contributed by atoms with Crippen LogP contribution in [0.1, 0.15) is 34.3 Å². The van der Waals surface area contributed by atoms with Crippen LogP contribution in [0.5, 0.6) is 0 Å². The van der Waals surface area contributed by atoms with E-state index in [4.69, 9.17) is 37.9 Å². The van der Waals surface area contributed by atoms with Crippen molar-refractivity contribution in [2.45, 2.75) is 25.6 Å². The molecule has 2 atom stereocenters. The van der Waals surface area contributed by atoms with Gasteiger partial charge in [-0.05, 0) is 36.8 Å². The minimum absolute atomic E-state index is 0.0700. The monoisotopic (exact) mass is 432 g/mol. The summed E-state index contributed by atoms with van der Waals surface area (Å²) in [7, 11) is 0. The molecule has 0 radical (unpaired) electrons. The number of ether oxygens (including phenoxy) is 2. The topological polar surface area (TPSA) is 62.6 Å². The third-order valence-electron chi connectivity index (χ3n) is 4.87. The Morgan fingerprint density at radius 1 is 1.31 bits per heavy atom. The molecule has 29 heavy (non-hydrogen) atoms. The largest absolute Gasteiger partial charge is 0.374 e. The number of amides is 1. The first-order valence-corrected chi connectivity index (χ1v) is 10.2. The normalized spacial score (nSPS) is 17.6. The number of nitriles is 1. The average molecular weight is 433 g/mol. The van der Waals surface area contributed by atoms with Gasteiger partial charge in [-0.3, -0.25) is 4.79 Å². The first kappa shape index (κ1) is 21.6. The predicted molar refractivity (Wildman–Crippen MR) is 112 cm³/mol. The summed E-state index contributed by atoms with van der Waals surface area (Å²) in [5.74, 6) is -0.329. The first-order valence-electron chi connectivity index (χ1n) is 9.40. The number of hydrogen-bond donors (Lipinski definition) is 0. The van der Waals surface area contributed by atoms with E-state index in [9.17, 15) is 4.79 Å². The summed E-state index contributed by atoms with van der Waals surface area (Å²) >= 11 is 12.3. The molecule has 1 amide bonds. The van der Waals surface area contributed by atoms with Crippen LogP contribution in [0.3, 0.4) is 0 Å². The molecule has 0 aliphatic carbocycles. The van der Waals surface area contributed by atoms with E-state index in [2.05, 4.69) is 6.07 Å². The lowest BCUT2D eigenvalue weighted by Crippen LogP contribution is -2.47. The Morgan fingerprint density at radius 2 is 2.03 bits per heavy atom. The summed E-state index contributed by atoms with van der Waals surface area (Å²) in [6.07, 6.45) is -0.227. The number of halogens is 2. The summed E-state index contributed by atoms with van der Waals surface area (Å²) in [5.41, 5.74) is 2.15. The van der Waals surface area contributed by atoms with Crippen LogP contribution in [0.25, 0.3) is 0 Å². The van der Waals surface area contributed by atoms with Crippen molar-refractivity contribution >= 4 is 29.1 Å². The van der Waals surface area contributed by atoms with Crippen LogP contribution in [0, 0.1) is 11.3 Å². The molecule has 1 fully saturated rings. The maximum atomic E-state index is 12.9. The van der Waals surface area contributed by atoms with Crippen LogP contribution < -0.4 is 0 Å². The highest BCUT2D eigenvalue weighted by atomic mass is 35.5. The molecular formula is C22H22Cl2N2O3. The lowest BCUT2D eigenvalue weighted by Gasteiger charge is -2.33. The van der Waals surface area contributed by atoms with Crippen molar-refractivity contribution in [2.75, 3.05) is 26.3 Å². The fourth-order valence-corrected chi connectivity index (χ4v) is 3.67. The molecule has 0 N–H and O–H groups in total. The summed E-state index contributed by atoms with van der Waals surface area (Å²) in [4.78, 5) is 14.7. The number of hydrogen-bond acceptors (Lipinski definition) is 4. The highest BCUT2D eigenvalue weighted by Gasteiger charge is 2.25. The quantitative estimate of drug-likeness (QED) is 0.664. The highest BCUT2D eigenvalue weighted by Crippen LogP contribution is 2.25. The molecule has 3 rings (SSSR count). The minimum atomic E-state index is -0.259. The zero-order chi connectivity index (χ0) is 20.8. The van der Waals surface area contributed by atoms with E-state index >= 15 is 0 Å². The second-order valence-corrected chi connectivity index (χ2v) is 7.75. The fraction of sp³-hybridized carbons (Fsp3) is 0.364. The van der Waals surface area contributed by atoms with E-state index in [-0.39, 0.29) is 24.5 Å². The minimum Gasteiger partial charge on any atom is -0.374 e. The van der Waals surface area contributed by atoms with Gasteiger partial charge in [0.05, 0.1) is 37.9 Å². The maximum absolute atomic E-state index is 12.9. The second kappa shape index (κ2) is 10.1. The van der Waals surface area contributed by atoms with Crippen molar-refractivity contribution in [2.24, 2.45) is 0 Å². The maximum Gasteiger partial charge on any atom is 0.254 e. The molecule has 1 heterocycles. The molecule has 2 unspecified atom stereocenters. The SMILES string of the molecule is CC(C#N)c1cccc(C(=O)N2CCOC(COCc3c(Cl)cccc3Cl)C2)c1. The van der Waals surface area contributed by atoms with Crippen LogP contribution in [0.2, 0.25) is 10.0 Å². The summed E-state index contributed by atoms with van der Waals surface area (Å²) < 4.78 is 11.5. The van der Waals surface area contributed by atoms with E-state index < -0.39 is 0 Å². The van der Waals surface area contributed by atoms with E-state index in [1.165, 1.54) is 0 Å². The lowest BCUT2D eigenvalue weighted by molar-refractivity contribution is -0.0647. The molecule has 152 valence electrons. The molecule has 1 saturated heterocycles. The first-order chi connectivity index (χ1) is 14.0. The Balaban J connectivity index is 1.58. The van der Waals surface area contributed by atoms with Gasteiger partial charge in [0.2, 0.25) is 0 Å². The average Bonchev–Trinajstić information content (AvgIpc) is 2.75. The molecule has 0 saturated carbocycles. The van der Waals surface area contributed by atoms with Gasteiger partial charge in [0.1, 0.15) is 0 Å². The Kier molecular flexibility index (Phi) is 7.51. The smallest absolute Gasteiger partial charge is 0.254 e. The number of carbonyl (C=O) groups excluding carboxylic acids is 1. The van der Waals surface area contributed by atoms with Gasteiger partial charge < -0.3 is 14.4 Å². The molecule has 2 aromatic carbocycles. The van der Waals surface area contributed by atoms with Crippen LogP contribution >= 0.6 is 23.2 Å². The van der Waals surface area contributed by atoms with Crippen molar-refractivity contribution in [3.8, 4) is 6.07 Å². The molecule has 0 aromatic heterocycles. The van der Waals surface area contributed by atoms with Crippen molar-refractivity contribution in [1.82, 2.24) is 4.90 Å². The second-order valence-electron chi connectivity index (χ2n) is 6.94. The highest BCUT2D eigenvalue weighted by molar-refractivity contribution is 6.35. The molecule has 0 bridgehead atoms. The van der Waals surface area contributed by atoms with Crippen LogP contribution in [-0.2, 0) is 16.1 Å². The van der Waals surface area contributed by atoms with Gasteiger partial charge >= 0.3 is 0 Å². The van der Waals surface area contributed by atoms with Crippen molar-refractivity contribution in [1.29, 1.82) is 5.26 Å². The van der Waals surface area contributed by atoms with Crippen LogP contribution in [0.15, 0.2) is 42.5 Å². The van der Waals surface area contributed by atoms with Gasteiger partial charge in [0, 0.05) is 34.3 Å². The summed E-state index contributed by atoms with van der Waals surface area (Å²) in [5, 5.41) is 10.2. The van der Waals surface area contributed by atoms with Gasteiger partial charge in [0.25, 0.3) is 5.91 Å². The van der Waals surface area contributed by atoms with Gasteiger partial charge in [-0.15, -0.1) is 0 Å². The molecule has 0 spiro atoms. The number of rotatable bonds is 6. The van der Waals surface area contributed by atoms with Crippen LogP contribution in [-0.4, -0.2) is 43.2 Å². The van der Waals surface area contributed by atoms with Crippen molar-refractivity contribution < 1.29 is 14.3 Å². The van der Waals surface area contributed by atoms with E-state index in [0.29, 0.717) is 41.9 Å². The van der Waals surface area contributed by atoms with Gasteiger partial charge in [-0.25, -0.2) is 0 Å². The van der Waals surface area contributed by atoms with E-state index in [1.54, 1.807) is 35.2 Å².